The number of hydrogen-bond acceptors (Lipinski definition) is 3. The third-order valence-corrected chi connectivity index (χ3v) is 2.44. The molecule has 2 aromatic rings. The highest BCUT2D eigenvalue weighted by atomic mass is 16.1. The van der Waals surface area contributed by atoms with Gasteiger partial charge in [0.2, 0.25) is 0 Å². The average Bonchev–Trinajstić information content (AvgIpc) is 2.95. The van der Waals surface area contributed by atoms with Crippen molar-refractivity contribution in [2.24, 2.45) is 5.73 Å². The third-order valence-electron chi connectivity index (χ3n) is 2.44. The van der Waals surface area contributed by atoms with Crippen LogP contribution in [0.5, 0.6) is 0 Å². The molecule has 0 aromatic carbocycles. The lowest BCUT2D eigenvalue weighted by molar-refractivity contribution is 0.0995. The minimum absolute atomic E-state index is 0.381. The lowest BCUT2D eigenvalue weighted by atomic mass is 10.2. The van der Waals surface area contributed by atoms with E-state index in [0.717, 1.165) is 22.9 Å². The van der Waals surface area contributed by atoms with Gasteiger partial charge < -0.3 is 5.73 Å². The van der Waals surface area contributed by atoms with Crippen LogP contribution in [0.3, 0.4) is 0 Å². The second-order valence-corrected chi connectivity index (χ2v) is 3.33. The highest BCUT2D eigenvalue weighted by Crippen LogP contribution is 2.35. The van der Waals surface area contributed by atoms with Crippen LogP contribution in [0.15, 0.2) is 18.3 Å². The van der Waals surface area contributed by atoms with Gasteiger partial charge in [-0.25, -0.2) is 9.97 Å². The van der Waals surface area contributed by atoms with Crippen LogP contribution >= 0.6 is 0 Å². The highest BCUT2D eigenvalue weighted by Gasteiger charge is 2.28. The summed E-state index contributed by atoms with van der Waals surface area (Å²) >= 11 is 0. The van der Waals surface area contributed by atoms with Crippen molar-refractivity contribution in [3.63, 3.8) is 0 Å². The van der Waals surface area contributed by atoms with E-state index in [9.17, 15) is 4.79 Å². The molecule has 0 aliphatic heterocycles. The standard InChI is InChI=1S/C10H7N3O/c11-9(14)8-7-4-6(7)5-2-1-3-12-10(5)13-8/h1-3H,4H2,(H2,11,14). The molecule has 1 aliphatic rings. The second-order valence-electron chi connectivity index (χ2n) is 3.33. The van der Waals surface area contributed by atoms with Crippen molar-refractivity contribution in [2.45, 2.75) is 6.42 Å². The number of fused-ring (bicyclic) bond motifs is 3. The molecule has 2 N–H and O–H groups in total. The van der Waals surface area contributed by atoms with Crippen LogP contribution in [0.2, 0.25) is 0 Å². The summed E-state index contributed by atoms with van der Waals surface area (Å²) in [4.78, 5) is 19.3. The molecule has 0 fully saturated rings. The molecule has 3 rings (SSSR count). The normalized spacial score (nSPS) is 12.6. The molecule has 0 radical (unpaired) electrons. The van der Waals surface area contributed by atoms with Crippen LogP contribution in [0.25, 0.3) is 11.0 Å². The fourth-order valence-corrected chi connectivity index (χ4v) is 1.72. The summed E-state index contributed by atoms with van der Waals surface area (Å²) in [5, 5.41) is 1.03. The van der Waals surface area contributed by atoms with Crippen LogP contribution in [0.1, 0.15) is 21.6 Å². The van der Waals surface area contributed by atoms with Crippen LogP contribution in [0.4, 0.5) is 0 Å². The summed E-state index contributed by atoms with van der Waals surface area (Å²) in [5.74, 6) is -0.466. The van der Waals surface area contributed by atoms with Gasteiger partial charge in [-0.15, -0.1) is 0 Å². The summed E-state index contributed by atoms with van der Waals surface area (Å²) in [6, 6.07) is 3.83. The first-order valence-corrected chi connectivity index (χ1v) is 4.33. The minimum atomic E-state index is -0.466. The number of carbonyl (C=O) groups excluding carboxylic acids is 1. The number of nitrogens with zero attached hydrogens (tertiary/aromatic N) is 2. The number of hydrogen-bond donors (Lipinski definition) is 1. The van der Waals surface area contributed by atoms with Crippen molar-refractivity contribution in [3.05, 3.63) is 35.2 Å². The predicted molar refractivity (Wildman–Crippen MR) is 50.9 cm³/mol. The molecule has 2 heterocycles. The summed E-state index contributed by atoms with van der Waals surface area (Å²) < 4.78 is 0. The molecule has 0 spiro atoms. The Morgan fingerprint density at radius 2 is 2.29 bits per heavy atom. The molecule has 14 heavy (non-hydrogen) atoms. The largest absolute Gasteiger partial charge is 0.364 e. The van der Waals surface area contributed by atoms with Crippen molar-refractivity contribution >= 4 is 16.9 Å². The zero-order valence-electron chi connectivity index (χ0n) is 7.32. The molecule has 1 amide bonds. The number of nitrogens with two attached hydrogens (primary N) is 1. The summed E-state index contributed by atoms with van der Waals surface area (Å²) in [5.41, 5.74) is 8.35. The van der Waals surface area contributed by atoms with E-state index in [1.807, 2.05) is 12.1 Å². The predicted octanol–water partition coefficient (Wildman–Crippen LogP) is 0.633. The Kier molecular flexibility index (Phi) is 1.21. The second kappa shape index (κ2) is 2.29. The van der Waals surface area contributed by atoms with Crippen molar-refractivity contribution in [1.82, 2.24) is 9.97 Å². The molecule has 0 saturated carbocycles. The van der Waals surface area contributed by atoms with E-state index in [2.05, 4.69) is 9.97 Å². The lowest BCUT2D eigenvalue weighted by Crippen LogP contribution is -2.13. The molecule has 2 aromatic heterocycles. The van der Waals surface area contributed by atoms with Crippen molar-refractivity contribution in [1.29, 1.82) is 0 Å². The molecule has 1 aliphatic carbocycles. The van der Waals surface area contributed by atoms with Crippen LogP contribution in [-0.4, -0.2) is 15.9 Å². The first-order chi connectivity index (χ1) is 6.77. The van der Waals surface area contributed by atoms with Gasteiger partial charge in [-0.2, -0.15) is 0 Å². The van der Waals surface area contributed by atoms with Gasteiger partial charge >= 0.3 is 0 Å². The van der Waals surface area contributed by atoms with Crippen LogP contribution < -0.4 is 5.73 Å². The maximum Gasteiger partial charge on any atom is 0.267 e. The van der Waals surface area contributed by atoms with E-state index < -0.39 is 5.91 Å². The van der Waals surface area contributed by atoms with Gasteiger partial charge in [-0.3, -0.25) is 4.79 Å². The smallest absolute Gasteiger partial charge is 0.267 e. The topological polar surface area (TPSA) is 68.9 Å². The van der Waals surface area contributed by atoms with Gasteiger partial charge in [-0.05, 0) is 23.3 Å². The van der Waals surface area contributed by atoms with E-state index in [1.165, 1.54) is 0 Å². The van der Waals surface area contributed by atoms with Crippen LogP contribution in [-0.2, 0) is 6.42 Å². The molecule has 68 valence electrons. The van der Waals surface area contributed by atoms with Gasteiger partial charge in [0.15, 0.2) is 5.65 Å². The lowest BCUT2D eigenvalue weighted by Gasteiger charge is -1.96. The van der Waals surface area contributed by atoms with Crippen LogP contribution in [0, 0.1) is 0 Å². The molecular weight excluding hydrogens is 178 g/mol. The first-order valence-electron chi connectivity index (χ1n) is 4.33. The van der Waals surface area contributed by atoms with Crippen molar-refractivity contribution in [2.75, 3.05) is 0 Å². The summed E-state index contributed by atoms with van der Waals surface area (Å²) in [6.45, 7) is 0. The van der Waals surface area contributed by atoms with Crippen molar-refractivity contribution in [3.8, 4) is 0 Å². The highest BCUT2D eigenvalue weighted by molar-refractivity contribution is 5.99. The molecule has 0 atom stereocenters. The summed E-state index contributed by atoms with van der Waals surface area (Å²) in [7, 11) is 0. The van der Waals surface area contributed by atoms with E-state index >= 15 is 0 Å². The third kappa shape index (κ3) is 0.849. The first kappa shape index (κ1) is 7.44. The van der Waals surface area contributed by atoms with E-state index in [-0.39, 0.29) is 0 Å². The number of amides is 1. The fourth-order valence-electron chi connectivity index (χ4n) is 1.72. The monoisotopic (exact) mass is 185 g/mol. The van der Waals surface area contributed by atoms with Gasteiger partial charge in [0.1, 0.15) is 5.69 Å². The Labute approximate surface area is 79.8 Å². The number of rotatable bonds is 1. The minimum Gasteiger partial charge on any atom is -0.364 e. The maximum atomic E-state index is 11.0. The molecule has 4 nitrogen and oxygen atoms in total. The molecular formula is C10H7N3O. The Hall–Kier alpha value is -1.97. The molecule has 4 heteroatoms. The maximum absolute atomic E-state index is 11.0. The Balaban J connectivity index is 2.40. The van der Waals surface area contributed by atoms with E-state index in [0.29, 0.717) is 11.3 Å². The Morgan fingerprint density at radius 3 is 3.07 bits per heavy atom. The van der Waals surface area contributed by atoms with Gasteiger partial charge in [0.25, 0.3) is 5.91 Å². The van der Waals surface area contributed by atoms with Crippen molar-refractivity contribution < 1.29 is 4.79 Å². The average molecular weight is 185 g/mol. The zero-order chi connectivity index (χ0) is 9.71. The zero-order valence-corrected chi connectivity index (χ0v) is 7.32. The number of carbonyl (C=O) groups is 1. The van der Waals surface area contributed by atoms with Gasteiger partial charge in [-0.1, -0.05) is 0 Å². The van der Waals surface area contributed by atoms with Gasteiger partial charge in [0.05, 0.1) is 0 Å². The quantitative estimate of drug-likeness (QED) is 0.604. The molecule has 0 unspecified atom stereocenters. The van der Waals surface area contributed by atoms with E-state index in [1.54, 1.807) is 6.20 Å². The van der Waals surface area contributed by atoms with Gasteiger partial charge in [0, 0.05) is 18.0 Å². The fraction of sp³-hybridized carbons (Fsp3) is 0.100. The Bertz CT molecular complexity index is 563. The number of primary amides is 1. The Morgan fingerprint density at radius 1 is 1.43 bits per heavy atom. The molecule has 0 bridgehead atoms. The molecule has 0 saturated heterocycles. The van der Waals surface area contributed by atoms with E-state index in [4.69, 9.17) is 5.73 Å². The summed E-state index contributed by atoms with van der Waals surface area (Å²) in [6.07, 6.45) is 2.48. The number of aromatic nitrogens is 2. The number of pyridine rings is 2. The SMILES string of the molecule is NC(=O)c1nc2ncccc2c2c1C2.